The predicted octanol–water partition coefficient (Wildman–Crippen LogP) is 3.36. The molecule has 0 bridgehead atoms. The second-order valence-corrected chi connectivity index (χ2v) is 11.4. The molecule has 11 atom stereocenters. The third-order valence-corrected chi connectivity index (χ3v) is 10.3. The van der Waals surface area contributed by atoms with Gasteiger partial charge < -0.3 is 20.4 Å². The average Bonchev–Trinajstić information content (AvgIpc) is 3.01. The standard InChI is InChI=1S/C24H42O4/c1-14(5-4-10-25)17-6-7-18-22-19(13-21(28)24(17,18)3)23(2)9-8-16(26)11-15(23)12-20(22)27/h14-22,25-28H,4-13H2,1-3H3/t14-,15?,16-,17-,18+,19+,20-,21+,22?,23+,24-/m1/s1. The van der Waals surface area contributed by atoms with Crippen LogP contribution < -0.4 is 0 Å². The van der Waals surface area contributed by atoms with Gasteiger partial charge in [-0.2, -0.15) is 0 Å². The fourth-order valence-electron chi connectivity index (χ4n) is 8.75. The second-order valence-electron chi connectivity index (χ2n) is 11.4. The van der Waals surface area contributed by atoms with Crippen LogP contribution in [0.4, 0.5) is 0 Å². The van der Waals surface area contributed by atoms with Gasteiger partial charge in [-0.25, -0.2) is 0 Å². The lowest BCUT2D eigenvalue weighted by Crippen LogP contribution is -2.62. The number of hydrogen-bond acceptors (Lipinski definition) is 4. The van der Waals surface area contributed by atoms with Gasteiger partial charge in [0.2, 0.25) is 0 Å². The fraction of sp³-hybridized carbons (Fsp3) is 1.00. The summed E-state index contributed by atoms with van der Waals surface area (Å²) in [7, 11) is 0. The number of aliphatic hydroxyl groups excluding tert-OH is 4. The third kappa shape index (κ3) is 3.01. The van der Waals surface area contributed by atoms with Crippen molar-refractivity contribution >= 4 is 0 Å². The van der Waals surface area contributed by atoms with E-state index in [1.165, 1.54) is 0 Å². The van der Waals surface area contributed by atoms with Gasteiger partial charge in [-0.3, -0.25) is 0 Å². The highest BCUT2D eigenvalue weighted by Gasteiger charge is 2.65. The number of rotatable bonds is 4. The molecule has 0 amide bonds. The van der Waals surface area contributed by atoms with E-state index < -0.39 is 0 Å². The van der Waals surface area contributed by atoms with Crippen LogP contribution in [-0.4, -0.2) is 45.3 Å². The molecule has 4 heteroatoms. The van der Waals surface area contributed by atoms with E-state index in [9.17, 15) is 20.4 Å². The van der Waals surface area contributed by atoms with Gasteiger partial charge in [0.1, 0.15) is 0 Å². The maximum Gasteiger partial charge on any atom is 0.0602 e. The first-order chi connectivity index (χ1) is 13.2. The molecule has 28 heavy (non-hydrogen) atoms. The van der Waals surface area contributed by atoms with Crippen LogP contribution in [0.5, 0.6) is 0 Å². The molecule has 0 aromatic rings. The molecule has 4 saturated carbocycles. The molecule has 4 aliphatic carbocycles. The van der Waals surface area contributed by atoms with Crippen molar-refractivity contribution in [2.45, 2.75) is 96.9 Å². The lowest BCUT2D eigenvalue weighted by atomic mass is 9.43. The van der Waals surface area contributed by atoms with Gasteiger partial charge in [0.15, 0.2) is 0 Å². The Balaban J connectivity index is 1.62. The molecule has 0 radical (unpaired) electrons. The number of aliphatic hydroxyl groups is 4. The van der Waals surface area contributed by atoms with Gasteiger partial charge >= 0.3 is 0 Å². The predicted molar refractivity (Wildman–Crippen MR) is 109 cm³/mol. The third-order valence-electron chi connectivity index (χ3n) is 10.3. The Morgan fingerprint density at radius 2 is 1.71 bits per heavy atom. The van der Waals surface area contributed by atoms with E-state index in [2.05, 4.69) is 20.8 Å². The zero-order valence-corrected chi connectivity index (χ0v) is 18.1. The second kappa shape index (κ2) is 7.51. The zero-order chi connectivity index (χ0) is 20.3. The van der Waals surface area contributed by atoms with E-state index in [0.29, 0.717) is 35.5 Å². The molecule has 2 unspecified atom stereocenters. The summed E-state index contributed by atoms with van der Waals surface area (Å²) in [5.41, 5.74) is 0.0282. The van der Waals surface area contributed by atoms with Crippen LogP contribution in [0.2, 0.25) is 0 Å². The average molecular weight is 395 g/mol. The van der Waals surface area contributed by atoms with Gasteiger partial charge in [-0.05, 0) is 104 Å². The van der Waals surface area contributed by atoms with Crippen molar-refractivity contribution in [3.63, 3.8) is 0 Å². The summed E-state index contributed by atoms with van der Waals surface area (Å²) in [5.74, 6) is 2.41. The Kier molecular flexibility index (Phi) is 5.66. The van der Waals surface area contributed by atoms with Crippen LogP contribution in [0.25, 0.3) is 0 Å². The van der Waals surface area contributed by atoms with Crippen molar-refractivity contribution in [2.75, 3.05) is 6.61 Å². The Labute approximate surface area is 170 Å². The fourth-order valence-corrected chi connectivity index (χ4v) is 8.75. The molecule has 162 valence electrons. The monoisotopic (exact) mass is 394 g/mol. The summed E-state index contributed by atoms with van der Waals surface area (Å²) in [6, 6.07) is 0. The smallest absolute Gasteiger partial charge is 0.0602 e. The largest absolute Gasteiger partial charge is 0.396 e. The normalized spacial score (nSPS) is 54.5. The van der Waals surface area contributed by atoms with Crippen molar-refractivity contribution in [2.24, 2.45) is 46.3 Å². The van der Waals surface area contributed by atoms with Gasteiger partial charge in [0.05, 0.1) is 18.3 Å². The Bertz CT molecular complexity index is 567. The van der Waals surface area contributed by atoms with Crippen molar-refractivity contribution in [3.8, 4) is 0 Å². The molecule has 4 aliphatic rings. The highest BCUT2D eigenvalue weighted by atomic mass is 16.3. The maximum absolute atomic E-state index is 11.5. The molecule has 4 rings (SSSR count). The molecular formula is C24H42O4. The van der Waals surface area contributed by atoms with Crippen LogP contribution in [0.3, 0.4) is 0 Å². The van der Waals surface area contributed by atoms with E-state index in [1.54, 1.807) is 0 Å². The van der Waals surface area contributed by atoms with Crippen molar-refractivity contribution < 1.29 is 20.4 Å². The van der Waals surface area contributed by atoms with E-state index in [-0.39, 0.29) is 35.7 Å². The Morgan fingerprint density at radius 1 is 0.964 bits per heavy atom. The molecule has 4 N–H and O–H groups in total. The first-order valence-corrected chi connectivity index (χ1v) is 11.9. The SMILES string of the molecule is C[C@H](CCCO)[C@H]1CC[C@H]2C3[C@H](O)CC4C[C@H](O)CC[C@]4(C)[C@H]3C[C@H](O)[C@]12C. The lowest BCUT2D eigenvalue weighted by Gasteiger charge is -2.63. The Hall–Kier alpha value is -0.160. The first kappa shape index (κ1) is 21.1. The minimum Gasteiger partial charge on any atom is -0.396 e. The summed E-state index contributed by atoms with van der Waals surface area (Å²) in [6.45, 7) is 7.23. The van der Waals surface area contributed by atoms with Crippen LogP contribution in [0.15, 0.2) is 0 Å². The van der Waals surface area contributed by atoms with Crippen LogP contribution in [0, 0.1) is 46.3 Å². The highest BCUT2D eigenvalue weighted by Crippen LogP contribution is 2.68. The van der Waals surface area contributed by atoms with E-state index in [1.807, 2.05) is 0 Å². The molecule has 0 heterocycles. The van der Waals surface area contributed by atoms with Crippen LogP contribution in [0.1, 0.15) is 78.6 Å². The molecule has 0 spiro atoms. The minimum absolute atomic E-state index is 0.117. The zero-order valence-electron chi connectivity index (χ0n) is 18.1. The molecule has 0 aliphatic heterocycles. The molecular weight excluding hydrogens is 352 g/mol. The summed E-state index contributed by atoms with van der Waals surface area (Å²) in [4.78, 5) is 0. The summed E-state index contributed by atoms with van der Waals surface area (Å²) < 4.78 is 0. The molecule has 0 aromatic carbocycles. The van der Waals surface area contributed by atoms with Crippen molar-refractivity contribution in [1.82, 2.24) is 0 Å². The summed E-state index contributed by atoms with van der Waals surface area (Å²) in [6.07, 6.45) is 7.62. The highest BCUT2D eigenvalue weighted by molar-refractivity contribution is 5.14. The van der Waals surface area contributed by atoms with Gasteiger partial charge in [0, 0.05) is 6.61 Å². The molecule has 0 saturated heterocycles. The van der Waals surface area contributed by atoms with Gasteiger partial charge in [-0.15, -0.1) is 0 Å². The van der Waals surface area contributed by atoms with Crippen LogP contribution >= 0.6 is 0 Å². The van der Waals surface area contributed by atoms with Crippen molar-refractivity contribution in [3.05, 3.63) is 0 Å². The van der Waals surface area contributed by atoms with Gasteiger partial charge in [-0.1, -0.05) is 20.8 Å². The van der Waals surface area contributed by atoms with Gasteiger partial charge in [0.25, 0.3) is 0 Å². The first-order valence-electron chi connectivity index (χ1n) is 11.9. The minimum atomic E-state index is -0.308. The summed E-state index contributed by atoms with van der Waals surface area (Å²) >= 11 is 0. The number of fused-ring (bicyclic) bond motifs is 5. The quantitative estimate of drug-likeness (QED) is 0.589. The molecule has 4 fully saturated rings. The van der Waals surface area contributed by atoms with Crippen molar-refractivity contribution in [1.29, 1.82) is 0 Å². The summed E-state index contributed by atoms with van der Waals surface area (Å²) in [5, 5.41) is 42.2. The molecule has 4 nitrogen and oxygen atoms in total. The maximum atomic E-state index is 11.5. The van der Waals surface area contributed by atoms with E-state index >= 15 is 0 Å². The number of hydrogen-bond donors (Lipinski definition) is 4. The molecule has 0 aromatic heterocycles. The van der Waals surface area contributed by atoms with E-state index in [0.717, 1.165) is 57.8 Å². The topological polar surface area (TPSA) is 80.9 Å². The van der Waals surface area contributed by atoms with E-state index in [4.69, 9.17) is 0 Å². The Morgan fingerprint density at radius 3 is 2.43 bits per heavy atom. The van der Waals surface area contributed by atoms with Crippen LogP contribution in [-0.2, 0) is 0 Å². The lowest BCUT2D eigenvalue weighted by molar-refractivity contribution is -0.207.